The number of benzene rings is 2. The Hall–Kier alpha value is -3.08. The fourth-order valence-corrected chi connectivity index (χ4v) is 2.49. The lowest BCUT2D eigenvalue weighted by molar-refractivity contribution is 0.0600. The summed E-state index contributed by atoms with van der Waals surface area (Å²) in [5.74, 6) is -0.325. The van der Waals surface area contributed by atoms with Crippen molar-refractivity contribution in [3.05, 3.63) is 77.6 Å². The van der Waals surface area contributed by atoms with Crippen molar-refractivity contribution in [2.75, 3.05) is 12.4 Å². The molecule has 0 atom stereocenters. The third-order valence-corrected chi connectivity index (χ3v) is 3.87. The van der Waals surface area contributed by atoms with E-state index < -0.39 is 0 Å². The average Bonchev–Trinajstić information content (AvgIpc) is 3.01. The standard InChI is InChI=1S/C19H19N3O2/c1-14-18(13-21-22(14)17-6-4-3-5-7-17)20-12-15-8-10-16(11-9-15)19(23)24-2/h3-11,13,20H,12H2,1-2H3. The number of methoxy groups -OCH3 is 1. The van der Waals surface area contributed by atoms with E-state index in [-0.39, 0.29) is 5.97 Å². The molecule has 0 unspecified atom stereocenters. The molecule has 0 spiro atoms. The molecule has 0 saturated carbocycles. The first-order valence-electron chi connectivity index (χ1n) is 7.70. The molecular formula is C19H19N3O2. The number of aromatic nitrogens is 2. The van der Waals surface area contributed by atoms with Gasteiger partial charge in [-0.25, -0.2) is 9.48 Å². The van der Waals surface area contributed by atoms with Crippen molar-refractivity contribution < 1.29 is 9.53 Å². The summed E-state index contributed by atoms with van der Waals surface area (Å²) in [5.41, 5.74) is 4.69. The normalized spacial score (nSPS) is 10.4. The van der Waals surface area contributed by atoms with Gasteiger partial charge in [0.15, 0.2) is 0 Å². The van der Waals surface area contributed by atoms with E-state index in [9.17, 15) is 4.79 Å². The van der Waals surface area contributed by atoms with Crippen molar-refractivity contribution in [3.8, 4) is 5.69 Å². The van der Waals surface area contributed by atoms with Gasteiger partial charge in [0.1, 0.15) is 0 Å². The molecular weight excluding hydrogens is 302 g/mol. The molecule has 0 aliphatic heterocycles. The summed E-state index contributed by atoms with van der Waals surface area (Å²) in [5, 5.41) is 7.82. The first-order chi connectivity index (χ1) is 11.7. The molecule has 0 amide bonds. The highest BCUT2D eigenvalue weighted by Crippen LogP contribution is 2.19. The maximum absolute atomic E-state index is 11.4. The molecule has 5 heteroatoms. The van der Waals surface area contributed by atoms with Gasteiger partial charge in [-0.1, -0.05) is 30.3 Å². The monoisotopic (exact) mass is 321 g/mol. The fraction of sp³-hybridized carbons (Fsp3) is 0.158. The zero-order valence-electron chi connectivity index (χ0n) is 13.7. The quantitative estimate of drug-likeness (QED) is 0.730. The highest BCUT2D eigenvalue weighted by molar-refractivity contribution is 5.89. The molecule has 0 aliphatic rings. The van der Waals surface area contributed by atoms with Crippen molar-refractivity contribution in [2.24, 2.45) is 0 Å². The Bertz CT molecular complexity index is 824. The van der Waals surface area contributed by atoms with E-state index in [1.165, 1.54) is 7.11 Å². The van der Waals surface area contributed by atoms with E-state index in [1.54, 1.807) is 12.1 Å². The number of esters is 1. The summed E-state index contributed by atoms with van der Waals surface area (Å²) in [7, 11) is 1.38. The van der Waals surface area contributed by atoms with Crippen molar-refractivity contribution in [3.63, 3.8) is 0 Å². The fourth-order valence-electron chi connectivity index (χ4n) is 2.49. The second kappa shape index (κ2) is 7.00. The lowest BCUT2D eigenvalue weighted by atomic mass is 10.1. The van der Waals surface area contributed by atoms with Gasteiger partial charge in [-0.05, 0) is 36.8 Å². The summed E-state index contributed by atoms with van der Waals surface area (Å²) >= 11 is 0. The minimum absolute atomic E-state index is 0.325. The van der Waals surface area contributed by atoms with Crippen molar-refractivity contribution in [2.45, 2.75) is 13.5 Å². The average molecular weight is 321 g/mol. The predicted molar refractivity (Wildman–Crippen MR) is 93.4 cm³/mol. The van der Waals surface area contributed by atoms with Gasteiger partial charge in [0.25, 0.3) is 0 Å². The SMILES string of the molecule is COC(=O)c1ccc(CNc2cnn(-c3ccccc3)c2C)cc1. The van der Waals surface area contributed by atoms with Crippen LogP contribution in [0.3, 0.4) is 0 Å². The second-order valence-corrected chi connectivity index (χ2v) is 5.43. The maximum Gasteiger partial charge on any atom is 0.337 e. The molecule has 2 aromatic carbocycles. The summed E-state index contributed by atoms with van der Waals surface area (Å²) < 4.78 is 6.61. The Morgan fingerprint density at radius 1 is 1.12 bits per heavy atom. The minimum Gasteiger partial charge on any atom is -0.465 e. The number of hydrogen-bond acceptors (Lipinski definition) is 4. The van der Waals surface area contributed by atoms with Crippen molar-refractivity contribution >= 4 is 11.7 Å². The van der Waals surface area contributed by atoms with Crippen LogP contribution in [0.5, 0.6) is 0 Å². The summed E-state index contributed by atoms with van der Waals surface area (Å²) in [4.78, 5) is 11.4. The van der Waals surface area contributed by atoms with Crippen LogP contribution in [0.1, 0.15) is 21.6 Å². The van der Waals surface area contributed by atoms with E-state index in [4.69, 9.17) is 4.74 Å². The Balaban J connectivity index is 1.69. The number of nitrogens with zero attached hydrogens (tertiary/aromatic N) is 2. The van der Waals surface area contributed by atoms with Crippen LogP contribution in [-0.2, 0) is 11.3 Å². The number of carbonyl (C=O) groups excluding carboxylic acids is 1. The first-order valence-corrected chi connectivity index (χ1v) is 7.70. The van der Waals surface area contributed by atoms with Gasteiger partial charge >= 0.3 is 5.97 Å². The van der Waals surface area contributed by atoms with E-state index in [1.807, 2.05) is 60.3 Å². The number of nitrogens with one attached hydrogen (secondary N) is 1. The Morgan fingerprint density at radius 3 is 2.50 bits per heavy atom. The minimum atomic E-state index is -0.325. The number of anilines is 1. The number of ether oxygens (including phenoxy) is 1. The molecule has 3 aromatic rings. The van der Waals surface area contributed by atoms with Gasteiger partial charge in [-0.2, -0.15) is 5.10 Å². The molecule has 1 heterocycles. The molecule has 0 radical (unpaired) electrons. The molecule has 0 aliphatic carbocycles. The first kappa shape index (κ1) is 15.8. The van der Waals surface area contributed by atoms with Crippen LogP contribution >= 0.6 is 0 Å². The highest BCUT2D eigenvalue weighted by Gasteiger charge is 2.08. The molecule has 1 aromatic heterocycles. The van der Waals surface area contributed by atoms with Gasteiger partial charge in [0.2, 0.25) is 0 Å². The smallest absolute Gasteiger partial charge is 0.337 e. The summed E-state index contributed by atoms with van der Waals surface area (Å²) in [6.07, 6.45) is 1.82. The van der Waals surface area contributed by atoms with Gasteiger partial charge in [-0.15, -0.1) is 0 Å². The topological polar surface area (TPSA) is 56.1 Å². The van der Waals surface area contributed by atoms with Gasteiger partial charge in [-0.3, -0.25) is 0 Å². The molecule has 0 bridgehead atoms. The number of carbonyl (C=O) groups is 1. The van der Waals surface area contributed by atoms with Crippen LogP contribution in [-0.4, -0.2) is 22.9 Å². The predicted octanol–water partition coefficient (Wildman–Crippen LogP) is 3.58. The van der Waals surface area contributed by atoms with Crippen LogP contribution in [0.15, 0.2) is 60.8 Å². The van der Waals surface area contributed by atoms with E-state index in [0.717, 1.165) is 22.6 Å². The number of para-hydroxylation sites is 1. The third-order valence-electron chi connectivity index (χ3n) is 3.87. The summed E-state index contributed by atoms with van der Waals surface area (Å²) in [6.45, 7) is 2.69. The van der Waals surface area contributed by atoms with E-state index >= 15 is 0 Å². The van der Waals surface area contributed by atoms with Crippen LogP contribution in [0, 0.1) is 6.92 Å². The van der Waals surface area contributed by atoms with Crippen LogP contribution in [0.4, 0.5) is 5.69 Å². The third kappa shape index (κ3) is 3.30. The second-order valence-electron chi connectivity index (χ2n) is 5.43. The van der Waals surface area contributed by atoms with Gasteiger partial charge < -0.3 is 10.1 Å². The largest absolute Gasteiger partial charge is 0.465 e. The number of hydrogen-bond donors (Lipinski definition) is 1. The van der Waals surface area contributed by atoms with Crippen molar-refractivity contribution in [1.29, 1.82) is 0 Å². The highest BCUT2D eigenvalue weighted by atomic mass is 16.5. The van der Waals surface area contributed by atoms with Gasteiger partial charge in [0, 0.05) is 6.54 Å². The molecule has 24 heavy (non-hydrogen) atoms. The molecule has 0 saturated heterocycles. The maximum atomic E-state index is 11.4. The Labute approximate surface area is 140 Å². The molecule has 122 valence electrons. The molecule has 1 N–H and O–H groups in total. The van der Waals surface area contributed by atoms with Crippen molar-refractivity contribution in [1.82, 2.24) is 9.78 Å². The molecule has 3 rings (SSSR count). The lowest BCUT2D eigenvalue weighted by Gasteiger charge is -2.08. The Kier molecular flexibility index (Phi) is 4.61. The van der Waals surface area contributed by atoms with Crippen LogP contribution in [0.25, 0.3) is 5.69 Å². The number of rotatable bonds is 5. The van der Waals surface area contributed by atoms with Gasteiger partial charge in [0.05, 0.1) is 35.9 Å². The Morgan fingerprint density at radius 2 is 1.83 bits per heavy atom. The van der Waals surface area contributed by atoms with Crippen LogP contribution in [0.2, 0.25) is 0 Å². The molecule has 0 fully saturated rings. The molecule has 5 nitrogen and oxygen atoms in total. The van der Waals surface area contributed by atoms with E-state index in [2.05, 4.69) is 10.4 Å². The zero-order chi connectivity index (χ0) is 16.9. The van der Waals surface area contributed by atoms with Crippen LogP contribution < -0.4 is 5.32 Å². The summed E-state index contributed by atoms with van der Waals surface area (Å²) in [6, 6.07) is 17.4. The van der Waals surface area contributed by atoms with E-state index in [0.29, 0.717) is 12.1 Å². The zero-order valence-corrected chi connectivity index (χ0v) is 13.7. The lowest BCUT2D eigenvalue weighted by Crippen LogP contribution is -2.04.